The zero-order valence-electron chi connectivity index (χ0n) is 15.4. The van der Waals surface area contributed by atoms with Crippen LogP contribution in [0.1, 0.15) is 29.8 Å². The van der Waals surface area contributed by atoms with Crippen molar-refractivity contribution < 1.29 is 14.3 Å². The fraction of sp³-hybridized carbons (Fsp3) is 0.263. The lowest BCUT2D eigenvalue weighted by atomic mass is 10.1. The summed E-state index contributed by atoms with van der Waals surface area (Å²) in [6.07, 6.45) is 0. The summed E-state index contributed by atoms with van der Waals surface area (Å²) in [7, 11) is 1.61. The van der Waals surface area contributed by atoms with Crippen LogP contribution in [0.2, 0.25) is 0 Å². The predicted molar refractivity (Wildman–Crippen MR) is 103 cm³/mol. The molecule has 140 valence electrons. The molecule has 0 aliphatic rings. The third kappa shape index (κ3) is 4.28. The molecule has 0 spiro atoms. The van der Waals surface area contributed by atoms with Gasteiger partial charge in [0.15, 0.2) is 5.78 Å². The van der Waals surface area contributed by atoms with Crippen molar-refractivity contribution in [3.63, 3.8) is 0 Å². The number of rotatable bonds is 8. The highest BCUT2D eigenvalue weighted by atomic mass is 32.2. The van der Waals surface area contributed by atoms with Crippen molar-refractivity contribution in [3.8, 4) is 17.2 Å². The van der Waals surface area contributed by atoms with Gasteiger partial charge in [0.25, 0.3) is 0 Å². The first-order valence-corrected chi connectivity index (χ1v) is 9.43. The topological polar surface area (TPSA) is 79.1 Å². The molecule has 0 radical (unpaired) electrons. The van der Waals surface area contributed by atoms with Crippen molar-refractivity contribution >= 4 is 17.5 Å². The van der Waals surface area contributed by atoms with Gasteiger partial charge in [0.1, 0.15) is 17.2 Å². The third-order valence-electron chi connectivity index (χ3n) is 3.88. The van der Waals surface area contributed by atoms with Gasteiger partial charge in [0, 0.05) is 16.9 Å². The molecule has 0 aliphatic heterocycles. The minimum Gasteiger partial charge on any atom is -0.496 e. The highest BCUT2D eigenvalue weighted by Crippen LogP contribution is 2.30. The van der Waals surface area contributed by atoms with Gasteiger partial charge < -0.3 is 9.47 Å². The number of hydrogen-bond donors (Lipinski definition) is 0. The van der Waals surface area contributed by atoms with Crippen LogP contribution in [-0.2, 0) is 5.75 Å². The number of carbonyl (C=O) groups is 1. The normalized spacial score (nSPS) is 10.6. The summed E-state index contributed by atoms with van der Waals surface area (Å²) in [5.74, 6) is 2.01. The molecule has 0 saturated carbocycles. The Hall–Kier alpha value is -2.87. The van der Waals surface area contributed by atoms with Gasteiger partial charge >= 0.3 is 0 Å². The summed E-state index contributed by atoms with van der Waals surface area (Å²) in [6.45, 7) is 4.03. The SMILES string of the molecule is CCOc1ccccc1-n1nnnc1SCc1cc(C(C)=O)ccc1OC. The molecule has 0 N–H and O–H groups in total. The van der Waals surface area contributed by atoms with E-state index >= 15 is 0 Å². The summed E-state index contributed by atoms with van der Waals surface area (Å²) >= 11 is 1.46. The molecule has 0 bridgehead atoms. The number of carbonyl (C=O) groups excluding carboxylic acids is 1. The van der Waals surface area contributed by atoms with Gasteiger partial charge in [-0.15, -0.1) is 5.10 Å². The largest absolute Gasteiger partial charge is 0.496 e. The Balaban J connectivity index is 1.87. The predicted octanol–water partition coefficient (Wildman–Crippen LogP) is 3.56. The average molecular weight is 384 g/mol. The van der Waals surface area contributed by atoms with Gasteiger partial charge in [0.2, 0.25) is 5.16 Å². The molecule has 8 heteroatoms. The van der Waals surface area contributed by atoms with Gasteiger partial charge in [-0.3, -0.25) is 4.79 Å². The molecular weight excluding hydrogens is 364 g/mol. The van der Waals surface area contributed by atoms with E-state index < -0.39 is 0 Å². The number of methoxy groups -OCH3 is 1. The van der Waals surface area contributed by atoms with E-state index in [1.165, 1.54) is 11.8 Å². The molecule has 2 aromatic carbocycles. The maximum atomic E-state index is 11.7. The van der Waals surface area contributed by atoms with E-state index in [9.17, 15) is 4.79 Å². The third-order valence-corrected chi connectivity index (χ3v) is 4.85. The number of Topliss-reactive ketones (excluding diaryl/α,β-unsaturated/α-hetero) is 1. The van der Waals surface area contributed by atoms with E-state index in [1.807, 2.05) is 37.3 Å². The van der Waals surface area contributed by atoms with E-state index in [0.29, 0.717) is 28.8 Å². The summed E-state index contributed by atoms with van der Waals surface area (Å²) in [5, 5.41) is 12.6. The first-order chi connectivity index (χ1) is 13.1. The van der Waals surface area contributed by atoms with Crippen molar-refractivity contribution in [1.29, 1.82) is 0 Å². The van der Waals surface area contributed by atoms with E-state index in [4.69, 9.17) is 9.47 Å². The molecule has 0 unspecified atom stereocenters. The number of thioether (sulfide) groups is 1. The first kappa shape index (κ1) is 18.9. The quantitative estimate of drug-likeness (QED) is 0.434. The van der Waals surface area contributed by atoms with Crippen LogP contribution in [0.4, 0.5) is 0 Å². The molecule has 1 aromatic heterocycles. The van der Waals surface area contributed by atoms with Crippen molar-refractivity contribution in [3.05, 3.63) is 53.6 Å². The molecule has 0 aliphatic carbocycles. The molecule has 3 rings (SSSR count). The fourth-order valence-corrected chi connectivity index (χ4v) is 3.44. The number of para-hydroxylation sites is 2. The molecular formula is C19H20N4O3S. The van der Waals surface area contributed by atoms with Gasteiger partial charge in [-0.1, -0.05) is 23.9 Å². The standard InChI is InChI=1S/C19H20N4O3S/c1-4-26-18-8-6-5-7-16(18)23-19(20-21-22-23)27-12-15-11-14(13(2)24)9-10-17(15)25-3/h5-11H,4,12H2,1-3H3. The Morgan fingerprint density at radius 2 is 2.00 bits per heavy atom. The molecule has 1 heterocycles. The Morgan fingerprint density at radius 3 is 2.74 bits per heavy atom. The molecule has 0 fully saturated rings. The number of benzene rings is 2. The minimum atomic E-state index is 0.0133. The van der Waals surface area contributed by atoms with Crippen LogP contribution < -0.4 is 9.47 Å². The van der Waals surface area contributed by atoms with E-state index in [-0.39, 0.29) is 5.78 Å². The van der Waals surface area contributed by atoms with E-state index in [1.54, 1.807) is 30.8 Å². The van der Waals surface area contributed by atoms with Crippen molar-refractivity contribution in [2.75, 3.05) is 13.7 Å². The van der Waals surface area contributed by atoms with Crippen LogP contribution in [0.3, 0.4) is 0 Å². The Morgan fingerprint density at radius 1 is 1.19 bits per heavy atom. The summed E-state index contributed by atoms with van der Waals surface area (Å²) in [4.78, 5) is 11.7. The molecule has 0 atom stereocenters. The lowest BCUT2D eigenvalue weighted by Crippen LogP contribution is -2.04. The Kier molecular flexibility index (Phi) is 6.08. The van der Waals surface area contributed by atoms with Crippen LogP contribution in [0, 0.1) is 0 Å². The van der Waals surface area contributed by atoms with Crippen LogP contribution in [0.5, 0.6) is 11.5 Å². The molecule has 27 heavy (non-hydrogen) atoms. The second-order valence-electron chi connectivity index (χ2n) is 5.65. The van der Waals surface area contributed by atoms with Crippen molar-refractivity contribution in [2.24, 2.45) is 0 Å². The number of hydrogen-bond acceptors (Lipinski definition) is 7. The van der Waals surface area contributed by atoms with E-state index in [0.717, 1.165) is 17.0 Å². The zero-order chi connectivity index (χ0) is 19.2. The second-order valence-corrected chi connectivity index (χ2v) is 6.59. The van der Waals surface area contributed by atoms with Gasteiger partial charge in [-0.05, 0) is 54.6 Å². The van der Waals surface area contributed by atoms with Gasteiger partial charge in [-0.2, -0.15) is 4.68 Å². The monoisotopic (exact) mass is 384 g/mol. The van der Waals surface area contributed by atoms with Crippen LogP contribution in [-0.4, -0.2) is 39.7 Å². The van der Waals surface area contributed by atoms with Crippen LogP contribution >= 0.6 is 11.8 Å². The average Bonchev–Trinajstić information content (AvgIpc) is 3.15. The summed E-state index contributed by atoms with van der Waals surface area (Å²) in [6, 6.07) is 13.0. The number of aromatic nitrogens is 4. The van der Waals surface area contributed by atoms with Crippen molar-refractivity contribution in [1.82, 2.24) is 20.2 Å². The lowest BCUT2D eigenvalue weighted by molar-refractivity contribution is 0.101. The second kappa shape index (κ2) is 8.68. The highest BCUT2D eigenvalue weighted by molar-refractivity contribution is 7.98. The van der Waals surface area contributed by atoms with Gasteiger partial charge in [0.05, 0.1) is 13.7 Å². The highest BCUT2D eigenvalue weighted by Gasteiger charge is 2.15. The minimum absolute atomic E-state index is 0.0133. The number of nitrogens with zero attached hydrogens (tertiary/aromatic N) is 4. The summed E-state index contributed by atoms with van der Waals surface area (Å²) in [5.41, 5.74) is 2.33. The van der Waals surface area contributed by atoms with Crippen LogP contribution in [0.25, 0.3) is 5.69 Å². The molecule has 7 nitrogen and oxygen atoms in total. The molecule has 0 amide bonds. The lowest BCUT2D eigenvalue weighted by Gasteiger charge is -2.11. The Bertz CT molecular complexity index is 942. The summed E-state index contributed by atoms with van der Waals surface area (Å²) < 4.78 is 12.7. The Labute approximate surface area is 161 Å². The molecule has 0 saturated heterocycles. The van der Waals surface area contributed by atoms with Crippen molar-refractivity contribution in [2.45, 2.75) is 24.8 Å². The number of ketones is 1. The van der Waals surface area contributed by atoms with Gasteiger partial charge in [-0.25, -0.2) is 0 Å². The maximum Gasteiger partial charge on any atom is 0.214 e. The van der Waals surface area contributed by atoms with E-state index in [2.05, 4.69) is 15.5 Å². The zero-order valence-corrected chi connectivity index (χ0v) is 16.2. The van der Waals surface area contributed by atoms with Crippen LogP contribution in [0.15, 0.2) is 47.6 Å². The fourth-order valence-electron chi connectivity index (χ4n) is 2.58. The smallest absolute Gasteiger partial charge is 0.214 e. The maximum absolute atomic E-state index is 11.7. The number of ether oxygens (including phenoxy) is 2. The number of tetrazole rings is 1. The molecule has 3 aromatic rings. The first-order valence-electron chi connectivity index (χ1n) is 8.45.